The van der Waals surface area contributed by atoms with Crippen LogP contribution in [0.5, 0.6) is 0 Å². The third kappa shape index (κ3) is 7.86. The van der Waals surface area contributed by atoms with Crippen molar-refractivity contribution in [2.45, 2.75) is 48.3 Å². The number of hydrogen-bond donors (Lipinski definition) is 3. The lowest BCUT2D eigenvalue weighted by Crippen LogP contribution is -2.51. The molecule has 0 bridgehead atoms. The molecule has 9 nitrogen and oxygen atoms in total. The second-order valence-electron chi connectivity index (χ2n) is 10.3. The number of alkyl halides is 3. The lowest BCUT2D eigenvalue weighted by molar-refractivity contribution is -0.137. The maximum atomic E-state index is 15.1. The number of likely N-dealkylation sites (N-methyl/N-ethyl adjacent to an activating group) is 1. The van der Waals surface area contributed by atoms with Gasteiger partial charge in [0.25, 0.3) is 10.0 Å². The Morgan fingerprint density at radius 3 is 2.55 bits per heavy atom. The molecule has 1 heterocycles. The fraction of sp³-hybridized carbons (Fsp3) is 0.370. The van der Waals surface area contributed by atoms with Crippen LogP contribution in [0.1, 0.15) is 36.3 Å². The SMILES string of the molecule is CN(C)CC(=O)NC1C[C@@H](c2cccc(C(F)(F)F)c2)CCC1Nc1cc(F)c(S(=O)(=O)Nc2ccncn2)cc1Cl. The van der Waals surface area contributed by atoms with E-state index in [1.807, 2.05) is 0 Å². The van der Waals surface area contributed by atoms with Gasteiger partial charge in [-0.3, -0.25) is 9.52 Å². The summed E-state index contributed by atoms with van der Waals surface area (Å²) in [6.07, 6.45) is -0.845. The lowest BCUT2D eigenvalue weighted by atomic mass is 9.78. The average Bonchev–Trinajstić information content (AvgIpc) is 2.91. The molecule has 2 unspecified atom stereocenters. The van der Waals surface area contributed by atoms with E-state index >= 15 is 4.39 Å². The van der Waals surface area contributed by atoms with Gasteiger partial charge in [0.15, 0.2) is 0 Å². The number of nitrogens with one attached hydrogen (secondary N) is 3. The summed E-state index contributed by atoms with van der Waals surface area (Å²) in [6.45, 7) is 0.0821. The second-order valence-corrected chi connectivity index (χ2v) is 12.3. The van der Waals surface area contributed by atoms with E-state index in [0.717, 1.165) is 30.6 Å². The minimum absolute atomic E-state index is 0.0587. The van der Waals surface area contributed by atoms with Gasteiger partial charge in [0.2, 0.25) is 5.91 Å². The first-order valence-corrected chi connectivity index (χ1v) is 14.7. The molecule has 1 aliphatic carbocycles. The van der Waals surface area contributed by atoms with Gasteiger partial charge < -0.3 is 15.5 Å². The van der Waals surface area contributed by atoms with Gasteiger partial charge in [0, 0.05) is 18.3 Å². The highest BCUT2D eigenvalue weighted by Crippen LogP contribution is 2.38. The number of aromatic nitrogens is 2. The summed E-state index contributed by atoms with van der Waals surface area (Å²) >= 11 is 6.39. The molecule has 1 amide bonds. The number of rotatable bonds is 9. The Labute approximate surface area is 245 Å². The normalized spacial score (nSPS) is 19.4. The van der Waals surface area contributed by atoms with Crippen molar-refractivity contribution >= 4 is 39.0 Å². The maximum absolute atomic E-state index is 15.1. The highest BCUT2D eigenvalue weighted by molar-refractivity contribution is 7.92. The standard InChI is InChI=1S/C27H29ClF4N6O3S/c1-38(2)14-26(39)36-23-11-17(16-4-3-5-18(10-16)27(30,31)32)6-7-21(23)35-22-13-20(29)24(12-19(22)28)42(40,41)37-25-8-9-33-15-34-25/h3-5,8-10,12-13,15,17,21,23,35H,6-7,11,14H2,1-2H3,(H,36,39)(H,33,34,37)/t17-,21?,23?/m0/s1. The average molecular weight is 629 g/mol. The van der Waals surface area contributed by atoms with Crippen LogP contribution < -0.4 is 15.4 Å². The van der Waals surface area contributed by atoms with Crippen molar-refractivity contribution in [3.63, 3.8) is 0 Å². The molecule has 3 aromatic rings. The summed E-state index contributed by atoms with van der Waals surface area (Å²) < 4.78 is 82.8. The molecule has 3 N–H and O–H groups in total. The van der Waals surface area contributed by atoms with E-state index in [-0.39, 0.29) is 34.9 Å². The van der Waals surface area contributed by atoms with Crippen LogP contribution in [0.4, 0.5) is 29.1 Å². The molecular weight excluding hydrogens is 600 g/mol. The van der Waals surface area contributed by atoms with Gasteiger partial charge in [0.05, 0.1) is 22.8 Å². The zero-order chi connectivity index (χ0) is 30.7. The summed E-state index contributed by atoms with van der Waals surface area (Å²) in [5.74, 6) is -1.70. The molecule has 3 atom stereocenters. The number of nitrogens with zero attached hydrogens (tertiary/aromatic N) is 3. The molecular formula is C27H29ClF4N6O3S. The molecule has 0 spiro atoms. The van der Waals surface area contributed by atoms with Crippen molar-refractivity contribution in [2.75, 3.05) is 30.7 Å². The van der Waals surface area contributed by atoms with Crippen molar-refractivity contribution in [2.24, 2.45) is 0 Å². The van der Waals surface area contributed by atoms with Crippen molar-refractivity contribution in [1.82, 2.24) is 20.2 Å². The molecule has 1 aliphatic rings. The first-order chi connectivity index (χ1) is 19.7. The highest BCUT2D eigenvalue weighted by Gasteiger charge is 2.35. The largest absolute Gasteiger partial charge is 0.416 e. The molecule has 226 valence electrons. The van der Waals surface area contributed by atoms with Gasteiger partial charge >= 0.3 is 6.18 Å². The maximum Gasteiger partial charge on any atom is 0.416 e. The molecule has 1 saturated carbocycles. The van der Waals surface area contributed by atoms with Crippen molar-refractivity contribution in [1.29, 1.82) is 0 Å². The van der Waals surface area contributed by atoms with Gasteiger partial charge in [-0.1, -0.05) is 29.8 Å². The van der Waals surface area contributed by atoms with Crippen LogP contribution in [0.3, 0.4) is 0 Å². The number of carbonyl (C=O) groups is 1. The van der Waals surface area contributed by atoms with Crippen molar-refractivity contribution < 1.29 is 30.8 Å². The van der Waals surface area contributed by atoms with E-state index in [1.165, 1.54) is 18.3 Å². The fourth-order valence-electron chi connectivity index (χ4n) is 4.90. The molecule has 1 fully saturated rings. The number of sulfonamides is 1. The van der Waals surface area contributed by atoms with Crippen molar-refractivity contribution in [3.05, 3.63) is 77.0 Å². The van der Waals surface area contributed by atoms with Gasteiger partial charge in [-0.25, -0.2) is 22.8 Å². The Morgan fingerprint density at radius 1 is 1.12 bits per heavy atom. The monoisotopic (exact) mass is 628 g/mol. The van der Waals surface area contributed by atoms with E-state index < -0.39 is 44.6 Å². The Hall–Kier alpha value is -3.49. The minimum atomic E-state index is -4.49. The summed E-state index contributed by atoms with van der Waals surface area (Å²) in [5.41, 5.74) is -0.144. The van der Waals surface area contributed by atoms with Crippen LogP contribution in [0.25, 0.3) is 0 Å². The molecule has 2 aromatic carbocycles. The smallest absolute Gasteiger partial charge is 0.379 e. The van der Waals surface area contributed by atoms with Crippen LogP contribution in [0.15, 0.2) is 59.9 Å². The predicted molar refractivity (Wildman–Crippen MR) is 150 cm³/mol. The highest BCUT2D eigenvalue weighted by atomic mass is 35.5. The van der Waals surface area contributed by atoms with E-state index in [1.54, 1.807) is 25.1 Å². The van der Waals surface area contributed by atoms with E-state index in [4.69, 9.17) is 11.6 Å². The number of carbonyl (C=O) groups excluding carboxylic acids is 1. The van der Waals surface area contributed by atoms with Crippen LogP contribution in [0, 0.1) is 5.82 Å². The first-order valence-electron chi connectivity index (χ1n) is 12.9. The fourth-order valence-corrected chi connectivity index (χ4v) is 6.28. The van der Waals surface area contributed by atoms with Crippen LogP contribution >= 0.6 is 11.6 Å². The summed E-state index contributed by atoms with van der Waals surface area (Å²) in [7, 11) is -0.933. The molecule has 0 aliphatic heterocycles. The van der Waals surface area contributed by atoms with Crippen molar-refractivity contribution in [3.8, 4) is 0 Å². The number of anilines is 2. The molecule has 0 saturated heterocycles. The lowest BCUT2D eigenvalue weighted by Gasteiger charge is -2.38. The first kappa shape index (κ1) is 31.4. The third-order valence-electron chi connectivity index (χ3n) is 6.81. The number of benzene rings is 2. The zero-order valence-corrected chi connectivity index (χ0v) is 24.2. The third-order valence-corrected chi connectivity index (χ3v) is 8.50. The van der Waals surface area contributed by atoms with Crippen LogP contribution in [0.2, 0.25) is 5.02 Å². The number of amides is 1. The minimum Gasteiger partial charge on any atom is -0.379 e. The summed E-state index contributed by atoms with van der Waals surface area (Å²) in [6, 6.07) is 7.32. The van der Waals surface area contributed by atoms with E-state index in [9.17, 15) is 26.4 Å². The van der Waals surface area contributed by atoms with Gasteiger partial charge in [0.1, 0.15) is 22.9 Å². The van der Waals surface area contributed by atoms with E-state index in [0.29, 0.717) is 24.8 Å². The Bertz CT molecular complexity index is 1530. The predicted octanol–water partition coefficient (Wildman–Crippen LogP) is 4.88. The molecule has 42 heavy (non-hydrogen) atoms. The quantitative estimate of drug-likeness (QED) is 0.289. The molecule has 0 radical (unpaired) electrons. The van der Waals surface area contributed by atoms with Gasteiger partial charge in [-0.05, 0) is 69.1 Å². The van der Waals surface area contributed by atoms with Crippen LogP contribution in [-0.2, 0) is 21.0 Å². The molecule has 4 rings (SSSR count). The van der Waals surface area contributed by atoms with Gasteiger partial charge in [-0.2, -0.15) is 13.2 Å². The molecule has 1 aromatic heterocycles. The Morgan fingerprint density at radius 2 is 1.88 bits per heavy atom. The Kier molecular flexibility index (Phi) is 9.58. The van der Waals surface area contributed by atoms with Crippen LogP contribution in [-0.4, -0.2) is 61.9 Å². The number of hydrogen-bond acceptors (Lipinski definition) is 7. The zero-order valence-electron chi connectivity index (χ0n) is 22.6. The Balaban J connectivity index is 1.57. The van der Waals surface area contributed by atoms with Gasteiger partial charge in [-0.15, -0.1) is 0 Å². The molecule has 15 heteroatoms. The topological polar surface area (TPSA) is 116 Å². The second kappa shape index (κ2) is 12.8. The number of halogens is 5. The van der Waals surface area contributed by atoms with E-state index in [2.05, 4.69) is 25.3 Å². The summed E-state index contributed by atoms with van der Waals surface area (Å²) in [5, 5.41) is 5.98. The summed E-state index contributed by atoms with van der Waals surface area (Å²) in [4.78, 5) is 21.1.